The molecule has 0 spiro atoms. The third kappa shape index (κ3) is 2.77. The highest BCUT2D eigenvalue weighted by atomic mass is 16.5. The van der Waals surface area contributed by atoms with E-state index in [1.807, 2.05) is 6.33 Å². The highest BCUT2D eigenvalue weighted by Gasteiger charge is 2.14. The second-order valence-electron chi connectivity index (χ2n) is 6.82. The van der Waals surface area contributed by atoms with E-state index in [9.17, 15) is 0 Å². The molecule has 4 nitrogen and oxygen atoms in total. The lowest BCUT2D eigenvalue weighted by molar-refractivity contribution is 0.0343. The molecule has 0 unspecified atom stereocenters. The van der Waals surface area contributed by atoms with E-state index in [1.165, 1.54) is 16.3 Å². The fourth-order valence-corrected chi connectivity index (χ4v) is 3.76. The third-order valence-corrected chi connectivity index (χ3v) is 5.17. The van der Waals surface area contributed by atoms with Gasteiger partial charge in [0.2, 0.25) is 0 Å². The largest absolute Gasteiger partial charge is 0.379 e. The average molecular weight is 343 g/mol. The van der Waals surface area contributed by atoms with Crippen LogP contribution >= 0.6 is 0 Å². The first kappa shape index (κ1) is 15.6. The number of para-hydroxylation sites is 1. The maximum absolute atomic E-state index is 5.46. The van der Waals surface area contributed by atoms with Gasteiger partial charge in [0.15, 0.2) is 0 Å². The molecule has 0 saturated carbocycles. The van der Waals surface area contributed by atoms with Crippen molar-refractivity contribution in [3.63, 3.8) is 0 Å². The molecule has 0 atom stereocenters. The molecule has 1 fully saturated rings. The standard InChI is InChI=1S/C22H21N3O/c1-2-5-18-14-20(9-8-17(18)4-1)25-16-23-22-19(6-3-7-21(22)25)15-24-10-12-26-13-11-24/h1-9,14,16H,10-13,15H2. The molecule has 0 aliphatic carbocycles. The molecule has 1 saturated heterocycles. The van der Waals surface area contributed by atoms with Gasteiger partial charge in [-0.25, -0.2) is 4.98 Å². The molecule has 1 aromatic heterocycles. The maximum atomic E-state index is 5.46. The van der Waals surface area contributed by atoms with Crippen molar-refractivity contribution in [2.75, 3.05) is 26.3 Å². The fraction of sp³-hybridized carbons (Fsp3) is 0.227. The summed E-state index contributed by atoms with van der Waals surface area (Å²) in [5, 5.41) is 2.50. The minimum absolute atomic E-state index is 0.821. The number of nitrogens with zero attached hydrogens (tertiary/aromatic N) is 3. The third-order valence-electron chi connectivity index (χ3n) is 5.17. The summed E-state index contributed by atoms with van der Waals surface area (Å²) in [6.07, 6.45) is 1.94. The molecule has 0 amide bonds. The van der Waals surface area contributed by atoms with E-state index in [1.54, 1.807) is 0 Å². The van der Waals surface area contributed by atoms with Gasteiger partial charge in [-0.1, -0.05) is 42.5 Å². The zero-order valence-electron chi connectivity index (χ0n) is 14.6. The van der Waals surface area contributed by atoms with Gasteiger partial charge < -0.3 is 4.74 Å². The lowest BCUT2D eigenvalue weighted by atomic mass is 10.1. The van der Waals surface area contributed by atoms with Gasteiger partial charge in [0.05, 0.1) is 24.2 Å². The first-order chi connectivity index (χ1) is 12.9. The van der Waals surface area contributed by atoms with Crippen molar-refractivity contribution in [2.45, 2.75) is 6.54 Å². The Morgan fingerprint density at radius 3 is 2.62 bits per heavy atom. The SMILES string of the molecule is c1ccc2cc(-n3cnc4c(CN5CCOCC5)cccc43)ccc2c1. The Kier molecular flexibility index (Phi) is 3.92. The molecule has 0 N–H and O–H groups in total. The lowest BCUT2D eigenvalue weighted by Crippen LogP contribution is -2.35. The highest BCUT2D eigenvalue weighted by Crippen LogP contribution is 2.25. The van der Waals surface area contributed by atoms with Crippen molar-refractivity contribution in [1.29, 1.82) is 0 Å². The summed E-state index contributed by atoms with van der Waals surface area (Å²) in [6.45, 7) is 4.54. The summed E-state index contributed by atoms with van der Waals surface area (Å²) in [4.78, 5) is 7.18. The van der Waals surface area contributed by atoms with E-state index < -0.39 is 0 Å². The first-order valence-corrected chi connectivity index (χ1v) is 9.13. The van der Waals surface area contributed by atoms with Crippen LogP contribution < -0.4 is 0 Å². The molecule has 26 heavy (non-hydrogen) atoms. The predicted octanol–water partition coefficient (Wildman–Crippen LogP) is 4.01. The van der Waals surface area contributed by atoms with Gasteiger partial charge in [-0.05, 0) is 34.5 Å². The van der Waals surface area contributed by atoms with Crippen LogP contribution in [0.5, 0.6) is 0 Å². The van der Waals surface area contributed by atoms with Gasteiger partial charge in [-0.15, -0.1) is 0 Å². The molecule has 1 aliphatic rings. The Hall–Kier alpha value is -2.69. The maximum Gasteiger partial charge on any atom is 0.100 e. The van der Waals surface area contributed by atoms with E-state index in [4.69, 9.17) is 9.72 Å². The zero-order valence-corrected chi connectivity index (χ0v) is 14.6. The van der Waals surface area contributed by atoms with Crippen molar-refractivity contribution in [3.05, 3.63) is 72.6 Å². The van der Waals surface area contributed by atoms with Crippen molar-refractivity contribution in [1.82, 2.24) is 14.5 Å². The molecule has 4 heteroatoms. The summed E-state index contributed by atoms with van der Waals surface area (Å²) in [5.41, 5.74) is 4.68. The molecule has 130 valence electrons. The zero-order chi connectivity index (χ0) is 17.3. The van der Waals surface area contributed by atoms with Crippen LogP contribution in [0.15, 0.2) is 67.0 Å². The number of ether oxygens (including phenoxy) is 1. The summed E-state index contributed by atoms with van der Waals surface area (Å²) < 4.78 is 7.65. The van der Waals surface area contributed by atoms with Crippen LogP contribution in [0.1, 0.15) is 5.56 Å². The molecule has 3 aromatic carbocycles. The van der Waals surface area contributed by atoms with Crippen LogP contribution in [0.2, 0.25) is 0 Å². The number of hydrogen-bond acceptors (Lipinski definition) is 3. The molecule has 5 rings (SSSR count). The van der Waals surface area contributed by atoms with E-state index >= 15 is 0 Å². The van der Waals surface area contributed by atoms with Gasteiger partial charge in [0, 0.05) is 25.3 Å². The number of hydrogen-bond donors (Lipinski definition) is 0. The minimum Gasteiger partial charge on any atom is -0.379 e. The molecule has 4 aromatic rings. The second-order valence-corrected chi connectivity index (χ2v) is 6.82. The Balaban J connectivity index is 1.55. The van der Waals surface area contributed by atoms with Crippen LogP contribution in [0, 0.1) is 0 Å². The lowest BCUT2D eigenvalue weighted by Gasteiger charge is -2.26. The van der Waals surface area contributed by atoms with Crippen molar-refractivity contribution in [3.8, 4) is 5.69 Å². The Labute approximate surface area is 152 Å². The highest BCUT2D eigenvalue weighted by molar-refractivity contribution is 5.86. The van der Waals surface area contributed by atoms with Crippen molar-refractivity contribution >= 4 is 21.8 Å². The van der Waals surface area contributed by atoms with E-state index in [0.29, 0.717) is 0 Å². The van der Waals surface area contributed by atoms with E-state index in [-0.39, 0.29) is 0 Å². The van der Waals surface area contributed by atoms with Crippen LogP contribution in [-0.2, 0) is 11.3 Å². The molecular weight excluding hydrogens is 322 g/mol. The topological polar surface area (TPSA) is 30.3 Å². The smallest absolute Gasteiger partial charge is 0.100 e. The number of imidazole rings is 1. The number of rotatable bonds is 3. The van der Waals surface area contributed by atoms with Crippen molar-refractivity contribution < 1.29 is 4.74 Å². The summed E-state index contributed by atoms with van der Waals surface area (Å²) in [6, 6.07) is 21.5. The normalized spacial score (nSPS) is 15.7. The summed E-state index contributed by atoms with van der Waals surface area (Å²) >= 11 is 0. The van der Waals surface area contributed by atoms with Gasteiger partial charge in [-0.3, -0.25) is 9.47 Å². The van der Waals surface area contributed by atoms with Crippen LogP contribution in [0.3, 0.4) is 0 Å². The number of morpholine rings is 1. The molecule has 1 aliphatic heterocycles. The summed E-state index contributed by atoms with van der Waals surface area (Å²) in [7, 11) is 0. The quantitative estimate of drug-likeness (QED) is 0.563. The fourth-order valence-electron chi connectivity index (χ4n) is 3.76. The monoisotopic (exact) mass is 343 g/mol. The number of aromatic nitrogens is 2. The van der Waals surface area contributed by atoms with Crippen LogP contribution in [0.25, 0.3) is 27.5 Å². The van der Waals surface area contributed by atoms with Gasteiger partial charge in [0.1, 0.15) is 6.33 Å². The van der Waals surface area contributed by atoms with Crippen LogP contribution in [-0.4, -0.2) is 40.8 Å². The number of benzene rings is 3. The number of fused-ring (bicyclic) bond motifs is 2. The molecule has 2 heterocycles. The first-order valence-electron chi connectivity index (χ1n) is 9.13. The van der Waals surface area contributed by atoms with Gasteiger partial charge in [-0.2, -0.15) is 0 Å². The van der Waals surface area contributed by atoms with Crippen molar-refractivity contribution in [2.24, 2.45) is 0 Å². The van der Waals surface area contributed by atoms with Crippen LogP contribution in [0.4, 0.5) is 0 Å². The molecular formula is C22H21N3O. The van der Waals surface area contributed by atoms with E-state index in [2.05, 4.69) is 70.1 Å². The van der Waals surface area contributed by atoms with Gasteiger partial charge in [0.25, 0.3) is 0 Å². The Morgan fingerprint density at radius 1 is 0.885 bits per heavy atom. The Bertz CT molecular complexity index is 1060. The Morgan fingerprint density at radius 2 is 1.73 bits per heavy atom. The van der Waals surface area contributed by atoms with Gasteiger partial charge >= 0.3 is 0 Å². The molecule has 0 radical (unpaired) electrons. The van der Waals surface area contributed by atoms with E-state index in [0.717, 1.165) is 49.6 Å². The summed E-state index contributed by atoms with van der Waals surface area (Å²) in [5.74, 6) is 0. The molecule has 0 bridgehead atoms. The predicted molar refractivity (Wildman–Crippen MR) is 105 cm³/mol. The average Bonchev–Trinajstić information content (AvgIpc) is 3.14. The second kappa shape index (κ2) is 6.56. The minimum atomic E-state index is 0.821.